The number of aromatic nitrogens is 2. The maximum Gasteiger partial charge on any atom is 0.0643 e. The van der Waals surface area contributed by atoms with Gasteiger partial charge in [-0.3, -0.25) is 4.68 Å². The van der Waals surface area contributed by atoms with Gasteiger partial charge in [0.2, 0.25) is 0 Å². The molecule has 0 saturated carbocycles. The fraction of sp³-hybridized carbons (Fsp3) is 0.438. The van der Waals surface area contributed by atoms with Crippen LogP contribution in [0.4, 0.5) is 0 Å². The van der Waals surface area contributed by atoms with Crippen molar-refractivity contribution >= 4 is 0 Å². The van der Waals surface area contributed by atoms with Crippen LogP contribution in [0.2, 0.25) is 0 Å². The van der Waals surface area contributed by atoms with E-state index in [0.717, 1.165) is 18.5 Å². The minimum absolute atomic E-state index is 0.266. The van der Waals surface area contributed by atoms with Gasteiger partial charge in [-0.1, -0.05) is 30.3 Å². The minimum Gasteiger partial charge on any atom is -0.325 e. The number of nitrogens with two attached hydrogens (primary N) is 1. The van der Waals surface area contributed by atoms with Crippen LogP contribution >= 0.6 is 0 Å². The zero-order valence-electron chi connectivity index (χ0n) is 12.0. The maximum atomic E-state index is 6.42. The third-order valence-electron chi connectivity index (χ3n) is 3.23. The van der Waals surface area contributed by atoms with Crippen LogP contribution in [0.5, 0.6) is 0 Å². The second-order valence-corrected chi connectivity index (χ2v) is 5.87. The summed E-state index contributed by atoms with van der Waals surface area (Å²) >= 11 is 0. The molecule has 2 rings (SSSR count). The van der Waals surface area contributed by atoms with Crippen LogP contribution in [-0.2, 0) is 12.8 Å². The largest absolute Gasteiger partial charge is 0.325 e. The maximum absolute atomic E-state index is 6.42. The van der Waals surface area contributed by atoms with Gasteiger partial charge in [0, 0.05) is 24.2 Å². The Bertz CT molecular complexity index is 512. The minimum atomic E-state index is -0.266. The molecule has 3 heteroatoms. The number of nitrogens with zero attached hydrogens (tertiary/aromatic N) is 2. The SMILES string of the molecule is CC(C)n1ccc(CC(C)(N)Cc2ccccc2)n1. The lowest BCUT2D eigenvalue weighted by atomic mass is 9.89. The van der Waals surface area contributed by atoms with Gasteiger partial charge in [0.25, 0.3) is 0 Å². The van der Waals surface area contributed by atoms with E-state index >= 15 is 0 Å². The van der Waals surface area contributed by atoms with Gasteiger partial charge >= 0.3 is 0 Å². The van der Waals surface area contributed by atoms with Gasteiger partial charge in [-0.25, -0.2) is 0 Å². The van der Waals surface area contributed by atoms with Crippen molar-refractivity contribution in [3.05, 3.63) is 53.9 Å². The highest BCUT2D eigenvalue weighted by Gasteiger charge is 2.21. The average molecular weight is 257 g/mol. The monoisotopic (exact) mass is 257 g/mol. The summed E-state index contributed by atoms with van der Waals surface area (Å²) in [6, 6.07) is 12.8. The van der Waals surface area contributed by atoms with Crippen LogP contribution in [-0.4, -0.2) is 15.3 Å². The molecule has 0 aliphatic rings. The summed E-state index contributed by atoms with van der Waals surface area (Å²) in [5.74, 6) is 0. The van der Waals surface area contributed by atoms with Gasteiger partial charge in [0.05, 0.1) is 5.69 Å². The summed E-state index contributed by atoms with van der Waals surface area (Å²) in [5, 5.41) is 4.57. The summed E-state index contributed by atoms with van der Waals surface area (Å²) in [6.45, 7) is 6.35. The predicted octanol–water partition coefficient (Wildman–Crippen LogP) is 2.97. The quantitative estimate of drug-likeness (QED) is 0.895. The van der Waals surface area contributed by atoms with Gasteiger partial charge in [-0.05, 0) is 38.8 Å². The Hall–Kier alpha value is -1.61. The molecule has 0 amide bonds. The molecular formula is C16H23N3. The summed E-state index contributed by atoms with van der Waals surface area (Å²) in [4.78, 5) is 0. The van der Waals surface area contributed by atoms with E-state index in [4.69, 9.17) is 5.73 Å². The Labute approximate surface area is 115 Å². The first-order valence-corrected chi connectivity index (χ1v) is 6.83. The summed E-state index contributed by atoms with van der Waals surface area (Å²) in [7, 11) is 0. The van der Waals surface area contributed by atoms with Crippen molar-refractivity contribution in [2.45, 2.75) is 45.2 Å². The van der Waals surface area contributed by atoms with Crippen molar-refractivity contribution in [3.63, 3.8) is 0 Å². The normalized spacial score (nSPS) is 14.6. The van der Waals surface area contributed by atoms with E-state index in [1.807, 2.05) is 16.9 Å². The number of hydrogen-bond acceptors (Lipinski definition) is 2. The highest BCUT2D eigenvalue weighted by molar-refractivity contribution is 5.18. The molecule has 0 bridgehead atoms. The molecule has 0 aliphatic carbocycles. The molecule has 1 heterocycles. The van der Waals surface area contributed by atoms with E-state index in [9.17, 15) is 0 Å². The molecule has 0 aliphatic heterocycles. The zero-order valence-corrected chi connectivity index (χ0v) is 12.0. The first kappa shape index (κ1) is 13.8. The van der Waals surface area contributed by atoms with Crippen molar-refractivity contribution in [1.82, 2.24) is 9.78 Å². The van der Waals surface area contributed by atoms with E-state index in [1.54, 1.807) is 0 Å². The fourth-order valence-electron chi connectivity index (χ4n) is 2.30. The molecule has 2 N–H and O–H groups in total. The highest BCUT2D eigenvalue weighted by Crippen LogP contribution is 2.16. The van der Waals surface area contributed by atoms with Gasteiger partial charge in [-0.2, -0.15) is 5.10 Å². The third-order valence-corrected chi connectivity index (χ3v) is 3.23. The van der Waals surface area contributed by atoms with E-state index in [2.05, 4.69) is 56.2 Å². The Balaban J connectivity index is 2.03. The van der Waals surface area contributed by atoms with Crippen molar-refractivity contribution in [2.75, 3.05) is 0 Å². The zero-order chi connectivity index (χ0) is 13.9. The predicted molar refractivity (Wildman–Crippen MR) is 79.1 cm³/mol. The summed E-state index contributed by atoms with van der Waals surface area (Å²) < 4.78 is 1.98. The molecule has 1 aromatic heterocycles. The lowest BCUT2D eigenvalue weighted by Gasteiger charge is -2.23. The summed E-state index contributed by atoms with van der Waals surface area (Å²) in [5.41, 5.74) is 8.49. The Morgan fingerprint density at radius 3 is 2.42 bits per heavy atom. The second kappa shape index (κ2) is 5.57. The molecule has 1 unspecified atom stereocenters. The van der Waals surface area contributed by atoms with E-state index in [-0.39, 0.29) is 5.54 Å². The molecular weight excluding hydrogens is 234 g/mol. The first-order valence-electron chi connectivity index (χ1n) is 6.83. The summed E-state index contributed by atoms with van der Waals surface area (Å²) in [6.07, 6.45) is 3.68. The lowest BCUT2D eigenvalue weighted by molar-refractivity contribution is 0.448. The van der Waals surface area contributed by atoms with Crippen LogP contribution in [0.15, 0.2) is 42.6 Å². The van der Waals surface area contributed by atoms with Crippen molar-refractivity contribution < 1.29 is 0 Å². The molecule has 0 radical (unpaired) electrons. The molecule has 0 fully saturated rings. The van der Waals surface area contributed by atoms with Crippen molar-refractivity contribution in [3.8, 4) is 0 Å². The standard InChI is InChI=1S/C16H23N3/c1-13(2)19-10-9-15(18-19)12-16(3,17)11-14-7-5-4-6-8-14/h4-10,13H,11-12,17H2,1-3H3. The van der Waals surface area contributed by atoms with Crippen LogP contribution < -0.4 is 5.73 Å². The average Bonchev–Trinajstić information content (AvgIpc) is 2.77. The van der Waals surface area contributed by atoms with Gasteiger partial charge in [0.1, 0.15) is 0 Å². The number of benzene rings is 1. The molecule has 1 aromatic carbocycles. The van der Waals surface area contributed by atoms with Crippen LogP contribution in [0.1, 0.15) is 38.1 Å². The molecule has 0 spiro atoms. The van der Waals surface area contributed by atoms with Crippen LogP contribution in [0, 0.1) is 0 Å². The van der Waals surface area contributed by atoms with Crippen LogP contribution in [0.25, 0.3) is 0 Å². The topological polar surface area (TPSA) is 43.8 Å². The smallest absolute Gasteiger partial charge is 0.0643 e. The molecule has 19 heavy (non-hydrogen) atoms. The molecule has 102 valence electrons. The lowest BCUT2D eigenvalue weighted by Crippen LogP contribution is -2.41. The Kier molecular flexibility index (Phi) is 4.05. The third kappa shape index (κ3) is 3.93. The van der Waals surface area contributed by atoms with Crippen LogP contribution in [0.3, 0.4) is 0 Å². The Morgan fingerprint density at radius 2 is 1.84 bits per heavy atom. The molecule has 1 atom stereocenters. The molecule has 3 nitrogen and oxygen atoms in total. The van der Waals surface area contributed by atoms with Crippen molar-refractivity contribution in [2.24, 2.45) is 5.73 Å². The van der Waals surface area contributed by atoms with Gasteiger partial charge < -0.3 is 5.73 Å². The van der Waals surface area contributed by atoms with Gasteiger partial charge in [0.15, 0.2) is 0 Å². The molecule has 0 saturated heterocycles. The fourth-order valence-corrected chi connectivity index (χ4v) is 2.30. The van der Waals surface area contributed by atoms with E-state index in [1.165, 1.54) is 5.56 Å². The van der Waals surface area contributed by atoms with E-state index < -0.39 is 0 Å². The second-order valence-electron chi connectivity index (χ2n) is 5.87. The number of rotatable bonds is 5. The molecule has 2 aromatic rings. The Morgan fingerprint density at radius 1 is 1.16 bits per heavy atom. The van der Waals surface area contributed by atoms with Crippen molar-refractivity contribution in [1.29, 1.82) is 0 Å². The van der Waals surface area contributed by atoms with E-state index in [0.29, 0.717) is 6.04 Å². The first-order chi connectivity index (χ1) is 8.96. The van der Waals surface area contributed by atoms with Gasteiger partial charge in [-0.15, -0.1) is 0 Å². The number of hydrogen-bond donors (Lipinski definition) is 1. The highest BCUT2D eigenvalue weighted by atomic mass is 15.3.